The number of carbonyl (C=O) groups excluding carboxylic acids is 1. The second kappa shape index (κ2) is 9.38. The van der Waals surface area contributed by atoms with Crippen LogP contribution >= 0.6 is 0 Å². The van der Waals surface area contributed by atoms with Gasteiger partial charge in [0.1, 0.15) is 17.2 Å². The lowest BCUT2D eigenvalue weighted by molar-refractivity contribution is 0.0635. The molecule has 2 N–H and O–H groups in total. The van der Waals surface area contributed by atoms with Gasteiger partial charge in [0.2, 0.25) is 0 Å². The Morgan fingerprint density at radius 3 is 2.50 bits per heavy atom. The van der Waals surface area contributed by atoms with E-state index in [4.69, 9.17) is 9.72 Å². The van der Waals surface area contributed by atoms with Crippen molar-refractivity contribution in [2.45, 2.75) is 46.1 Å². The van der Waals surface area contributed by atoms with Crippen molar-refractivity contribution in [1.29, 1.82) is 0 Å². The summed E-state index contributed by atoms with van der Waals surface area (Å²) in [6.07, 6.45) is 4.59. The van der Waals surface area contributed by atoms with Crippen LogP contribution in [0.4, 0.5) is 22.2 Å². The number of carbonyl (C=O) groups is 1. The quantitative estimate of drug-likeness (QED) is 0.392. The monoisotopic (exact) mass is 457 g/mol. The van der Waals surface area contributed by atoms with E-state index in [1.54, 1.807) is 45.4 Å². The van der Waals surface area contributed by atoms with Gasteiger partial charge in [0.25, 0.3) is 0 Å². The van der Waals surface area contributed by atoms with Gasteiger partial charge in [-0.1, -0.05) is 13.8 Å². The Balaban J connectivity index is 1.57. The minimum atomic E-state index is -0.594. The first kappa shape index (κ1) is 23.0. The molecular formula is C25H27N7O2. The summed E-state index contributed by atoms with van der Waals surface area (Å²) < 4.78 is 5.30. The van der Waals surface area contributed by atoms with Gasteiger partial charge in [-0.15, -0.1) is 5.10 Å². The van der Waals surface area contributed by atoms with Crippen molar-refractivity contribution in [3.8, 4) is 11.1 Å². The third kappa shape index (κ3) is 5.80. The molecule has 0 aromatic carbocycles. The van der Waals surface area contributed by atoms with Gasteiger partial charge in [0.15, 0.2) is 5.82 Å². The summed E-state index contributed by atoms with van der Waals surface area (Å²) in [6, 6.07) is 11.3. The van der Waals surface area contributed by atoms with E-state index in [1.807, 2.05) is 30.3 Å². The first-order valence-electron chi connectivity index (χ1n) is 11.0. The van der Waals surface area contributed by atoms with Crippen molar-refractivity contribution in [2.75, 3.05) is 10.6 Å². The number of hydrogen-bond donors (Lipinski definition) is 2. The van der Waals surface area contributed by atoms with Gasteiger partial charge in [0, 0.05) is 18.0 Å². The standard InChI is InChI=1S/C25H27N7O2/c1-15(2)17-12-23(32-28-14-17)30-21-7-6-19-20(29-21)10-18(13-27-19)16-8-9-26-22(11-16)31-24(33)34-25(3,4)5/h6-15H,1-5H3,(H,26,31,33)(H,29,30,32). The summed E-state index contributed by atoms with van der Waals surface area (Å²) in [6.45, 7) is 9.63. The zero-order chi connectivity index (χ0) is 24.3. The average molecular weight is 458 g/mol. The number of pyridine rings is 3. The Labute approximate surface area is 198 Å². The van der Waals surface area contributed by atoms with Crippen LogP contribution in [0.15, 0.2) is 55.0 Å². The van der Waals surface area contributed by atoms with Crippen LogP contribution in [0.25, 0.3) is 22.2 Å². The number of fused-ring (bicyclic) bond motifs is 1. The van der Waals surface area contributed by atoms with Crippen LogP contribution in [-0.4, -0.2) is 36.8 Å². The molecule has 0 aliphatic heterocycles. The number of amides is 1. The SMILES string of the molecule is CC(C)c1cnnc(Nc2ccc3ncc(-c4ccnc(NC(=O)OC(C)(C)C)c4)cc3n2)c1. The average Bonchev–Trinajstić information content (AvgIpc) is 2.77. The summed E-state index contributed by atoms with van der Waals surface area (Å²) in [5.74, 6) is 2.01. The molecule has 0 saturated heterocycles. The van der Waals surface area contributed by atoms with Crippen molar-refractivity contribution in [1.82, 2.24) is 25.1 Å². The van der Waals surface area contributed by atoms with Gasteiger partial charge in [-0.25, -0.2) is 14.8 Å². The predicted octanol–water partition coefficient (Wildman–Crippen LogP) is 5.70. The maximum Gasteiger partial charge on any atom is 0.413 e. The van der Waals surface area contributed by atoms with E-state index in [0.29, 0.717) is 28.9 Å². The van der Waals surface area contributed by atoms with Gasteiger partial charge >= 0.3 is 6.09 Å². The van der Waals surface area contributed by atoms with Gasteiger partial charge in [-0.2, -0.15) is 5.10 Å². The summed E-state index contributed by atoms with van der Waals surface area (Å²) >= 11 is 0. The fraction of sp³-hybridized carbons (Fsp3) is 0.280. The van der Waals surface area contributed by atoms with E-state index in [-0.39, 0.29) is 0 Å². The van der Waals surface area contributed by atoms with Crippen LogP contribution in [0.2, 0.25) is 0 Å². The number of aromatic nitrogens is 5. The van der Waals surface area contributed by atoms with Crippen molar-refractivity contribution >= 4 is 34.6 Å². The molecule has 1 amide bonds. The highest BCUT2D eigenvalue weighted by Gasteiger charge is 2.17. The van der Waals surface area contributed by atoms with Gasteiger partial charge < -0.3 is 10.1 Å². The summed E-state index contributed by atoms with van der Waals surface area (Å²) in [7, 11) is 0. The van der Waals surface area contributed by atoms with Crippen LogP contribution in [0.1, 0.15) is 46.1 Å². The Morgan fingerprint density at radius 1 is 0.912 bits per heavy atom. The molecule has 4 aromatic rings. The molecule has 4 heterocycles. The molecule has 0 fully saturated rings. The number of ether oxygens (including phenoxy) is 1. The minimum absolute atomic E-state index is 0.349. The van der Waals surface area contributed by atoms with Crippen molar-refractivity contribution < 1.29 is 9.53 Å². The highest BCUT2D eigenvalue weighted by molar-refractivity contribution is 5.86. The molecule has 4 rings (SSSR count). The highest BCUT2D eigenvalue weighted by atomic mass is 16.6. The van der Waals surface area contributed by atoms with Crippen LogP contribution in [0.5, 0.6) is 0 Å². The molecule has 34 heavy (non-hydrogen) atoms. The van der Waals surface area contributed by atoms with E-state index in [9.17, 15) is 4.79 Å². The van der Waals surface area contributed by atoms with E-state index >= 15 is 0 Å². The fourth-order valence-electron chi connectivity index (χ4n) is 3.21. The van der Waals surface area contributed by atoms with Gasteiger partial charge in [-0.3, -0.25) is 10.3 Å². The largest absolute Gasteiger partial charge is 0.444 e. The lowest BCUT2D eigenvalue weighted by atomic mass is 10.1. The van der Waals surface area contributed by atoms with Crippen LogP contribution in [0.3, 0.4) is 0 Å². The molecule has 0 atom stereocenters. The molecule has 0 unspecified atom stereocenters. The minimum Gasteiger partial charge on any atom is -0.444 e. The van der Waals surface area contributed by atoms with E-state index in [0.717, 1.165) is 22.2 Å². The van der Waals surface area contributed by atoms with E-state index in [2.05, 4.69) is 44.6 Å². The topological polar surface area (TPSA) is 115 Å². The number of nitrogens with zero attached hydrogens (tertiary/aromatic N) is 5. The van der Waals surface area contributed by atoms with Crippen LogP contribution in [-0.2, 0) is 4.74 Å². The fourth-order valence-corrected chi connectivity index (χ4v) is 3.21. The molecule has 174 valence electrons. The molecule has 0 aliphatic carbocycles. The molecule has 9 heteroatoms. The molecule has 0 bridgehead atoms. The van der Waals surface area contributed by atoms with Crippen LogP contribution < -0.4 is 10.6 Å². The zero-order valence-electron chi connectivity index (χ0n) is 19.8. The van der Waals surface area contributed by atoms with E-state index < -0.39 is 11.7 Å². The smallest absolute Gasteiger partial charge is 0.413 e. The zero-order valence-corrected chi connectivity index (χ0v) is 19.8. The molecule has 0 radical (unpaired) electrons. The molecule has 0 spiro atoms. The maximum absolute atomic E-state index is 12.1. The third-order valence-electron chi connectivity index (χ3n) is 4.86. The first-order chi connectivity index (χ1) is 16.2. The summed E-state index contributed by atoms with van der Waals surface area (Å²) in [5, 5.41) is 14.1. The van der Waals surface area contributed by atoms with Crippen molar-refractivity contribution in [2.24, 2.45) is 0 Å². The summed E-state index contributed by atoms with van der Waals surface area (Å²) in [5.41, 5.74) is 3.66. The second-order valence-electron chi connectivity index (χ2n) is 9.17. The maximum atomic E-state index is 12.1. The molecule has 0 aliphatic rings. The Bertz CT molecular complexity index is 1330. The van der Waals surface area contributed by atoms with E-state index in [1.165, 1.54) is 0 Å². The first-order valence-corrected chi connectivity index (χ1v) is 11.0. The molecule has 4 aromatic heterocycles. The lowest BCUT2D eigenvalue weighted by Crippen LogP contribution is -2.27. The predicted molar refractivity (Wildman–Crippen MR) is 132 cm³/mol. The Morgan fingerprint density at radius 2 is 1.74 bits per heavy atom. The third-order valence-corrected chi connectivity index (χ3v) is 4.86. The van der Waals surface area contributed by atoms with Gasteiger partial charge in [-0.05, 0) is 74.2 Å². The normalized spacial score (nSPS) is 11.5. The van der Waals surface area contributed by atoms with Crippen molar-refractivity contribution in [3.05, 3.63) is 60.6 Å². The van der Waals surface area contributed by atoms with Crippen molar-refractivity contribution in [3.63, 3.8) is 0 Å². The van der Waals surface area contributed by atoms with Gasteiger partial charge in [0.05, 0.1) is 17.2 Å². The Hall–Kier alpha value is -4.14. The number of rotatable bonds is 5. The number of anilines is 3. The number of nitrogens with one attached hydrogen (secondary N) is 2. The van der Waals surface area contributed by atoms with Crippen LogP contribution in [0, 0.1) is 0 Å². The number of hydrogen-bond acceptors (Lipinski definition) is 8. The Kier molecular flexibility index (Phi) is 6.36. The molecule has 9 nitrogen and oxygen atoms in total. The molecule has 0 saturated carbocycles. The highest BCUT2D eigenvalue weighted by Crippen LogP contribution is 2.25. The summed E-state index contributed by atoms with van der Waals surface area (Å²) in [4.78, 5) is 25.5. The molecular weight excluding hydrogens is 430 g/mol. The lowest BCUT2D eigenvalue weighted by Gasteiger charge is -2.19. The second-order valence-corrected chi connectivity index (χ2v) is 9.17.